The van der Waals surface area contributed by atoms with Crippen LogP contribution >= 0.6 is 0 Å². The molecule has 0 aliphatic carbocycles. The van der Waals surface area contributed by atoms with Crippen molar-refractivity contribution in [1.29, 1.82) is 0 Å². The maximum absolute atomic E-state index is 12.0. The molecule has 0 bridgehead atoms. The Bertz CT molecular complexity index is 1000. The number of esters is 1. The lowest BCUT2D eigenvalue weighted by molar-refractivity contribution is -0.147. The quantitative estimate of drug-likeness (QED) is 0.469. The van der Waals surface area contributed by atoms with E-state index in [9.17, 15) is 9.59 Å². The number of fused-ring (bicyclic) bond motifs is 1. The summed E-state index contributed by atoms with van der Waals surface area (Å²) in [7, 11) is 1.52. The Morgan fingerprint density at radius 2 is 1.85 bits per heavy atom. The molecule has 0 radical (unpaired) electrons. The lowest BCUT2D eigenvalue weighted by Crippen LogP contribution is -2.15. The van der Waals surface area contributed by atoms with Crippen LogP contribution in [0.2, 0.25) is 0 Å². The van der Waals surface area contributed by atoms with Gasteiger partial charge in [-0.1, -0.05) is 31.2 Å². The molecule has 6 nitrogen and oxygen atoms in total. The molecule has 0 aliphatic rings. The van der Waals surface area contributed by atoms with Gasteiger partial charge in [0, 0.05) is 17.0 Å². The molecule has 0 atom stereocenters. The molecular formula is C21H20O6. The number of carbonyl (C=O) groups excluding carboxylic acids is 1. The number of methoxy groups -OCH3 is 1. The van der Waals surface area contributed by atoms with Crippen molar-refractivity contribution in [3.63, 3.8) is 0 Å². The van der Waals surface area contributed by atoms with E-state index >= 15 is 0 Å². The number of hydrogen-bond acceptors (Lipinski definition) is 6. The summed E-state index contributed by atoms with van der Waals surface area (Å²) in [5.41, 5.74) is 1.66. The van der Waals surface area contributed by atoms with Crippen LogP contribution in [0.3, 0.4) is 0 Å². The van der Waals surface area contributed by atoms with Gasteiger partial charge >= 0.3 is 11.6 Å². The van der Waals surface area contributed by atoms with Crippen LogP contribution in [-0.4, -0.2) is 19.7 Å². The fraction of sp³-hybridized carbons (Fsp3) is 0.238. The third-order valence-electron chi connectivity index (χ3n) is 4.11. The molecule has 0 aliphatic heterocycles. The minimum Gasteiger partial charge on any atom is -0.493 e. The van der Waals surface area contributed by atoms with E-state index in [1.165, 1.54) is 13.2 Å². The van der Waals surface area contributed by atoms with Crippen molar-refractivity contribution in [3.05, 3.63) is 70.1 Å². The standard InChI is InChI=1S/C21H20O6/c1-3-14-8-9-16-15(11-20(22)27-19(16)10-14)12-26-21(23)13-25-18-7-5-4-6-17(18)24-2/h4-11H,3,12-13H2,1-2H3. The molecule has 3 rings (SSSR count). The number of benzene rings is 2. The predicted molar refractivity (Wildman–Crippen MR) is 100 cm³/mol. The van der Waals surface area contributed by atoms with E-state index in [4.69, 9.17) is 18.6 Å². The van der Waals surface area contributed by atoms with Gasteiger partial charge in [0.25, 0.3) is 0 Å². The molecule has 2 aromatic carbocycles. The summed E-state index contributed by atoms with van der Waals surface area (Å²) in [6.07, 6.45) is 0.832. The molecule has 3 aromatic rings. The lowest BCUT2D eigenvalue weighted by atomic mass is 10.1. The van der Waals surface area contributed by atoms with Crippen molar-refractivity contribution in [3.8, 4) is 11.5 Å². The highest BCUT2D eigenvalue weighted by atomic mass is 16.6. The molecule has 0 saturated heterocycles. The van der Waals surface area contributed by atoms with Crippen LogP contribution in [0.25, 0.3) is 11.0 Å². The van der Waals surface area contributed by atoms with Crippen LogP contribution in [0.15, 0.2) is 57.7 Å². The van der Waals surface area contributed by atoms with E-state index < -0.39 is 11.6 Å². The van der Waals surface area contributed by atoms with Crippen LogP contribution in [0.5, 0.6) is 11.5 Å². The van der Waals surface area contributed by atoms with Gasteiger partial charge < -0.3 is 18.6 Å². The predicted octanol–water partition coefficient (Wildman–Crippen LogP) is 3.49. The van der Waals surface area contributed by atoms with Gasteiger partial charge in [0.2, 0.25) is 0 Å². The second kappa shape index (κ2) is 8.40. The van der Waals surface area contributed by atoms with Crippen molar-refractivity contribution < 1.29 is 23.4 Å². The molecule has 0 amide bonds. The summed E-state index contributed by atoms with van der Waals surface area (Å²) in [4.78, 5) is 23.8. The van der Waals surface area contributed by atoms with Gasteiger partial charge in [-0.25, -0.2) is 9.59 Å². The number of ether oxygens (including phenoxy) is 3. The third-order valence-corrected chi connectivity index (χ3v) is 4.11. The second-order valence-electron chi connectivity index (χ2n) is 5.87. The van der Waals surface area contributed by atoms with Crippen LogP contribution in [0.4, 0.5) is 0 Å². The summed E-state index contributed by atoms with van der Waals surface area (Å²) in [5.74, 6) is 0.436. The van der Waals surface area contributed by atoms with Crippen LogP contribution in [0.1, 0.15) is 18.1 Å². The van der Waals surface area contributed by atoms with Crippen LogP contribution in [-0.2, 0) is 22.6 Å². The van der Waals surface area contributed by atoms with E-state index in [1.807, 2.05) is 25.1 Å². The first-order valence-corrected chi connectivity index (χ1v) is 8.57. The highest BCUT2D eigenvalue weighted by Gasteiger charge is 2.11. The fourth-order valence-electron chi connectivity index (χ4n) is 2.69. The number of hydrogen-bond donors (Lipinski definition) is 0. The van der Waals surface area contributed by atoms with Crippen LogP contribution < -0.4 is 15.1 Å². The average molecular weight is 368 g/mol. The maximum Gasteiger partial charge on any atom is 0.344 e. The first-order valence-electron chi connectivity index (χ1n) is 8.57. The SMILES string of the molecule is CCc1ccc2c(COC(=O)COc3ccccc3OC)cc(=O)oc2c1. The van der Waals surface area contributed by atoms with Gasteiger partial charge in [-0.2, -0.15) is 0 Å². The average Bonchev–Trinajstić information content (AvgIpc) is 2.69. The molecule has 27 heavy (non-hydrogen) atoms. The van der Waals surface area contributed by atoms with Crippen molar-refractivity contribution in [2.45, 2.75) is 20.0 Å². The Kier molecular flexibility index (Phi) is 5.76. The van der Waals surface area contributed by atoms with E-state index in [0.29, 0.717) is 22.6 Å². The molecule has 1 heterocycles. The van der Waals surface area contributed by atoms with Gasteiger partial charge in [0.05, 0.1) is 7.11 Å². The van der Waals surface area contributed by atoms with E-state index in [0.717, 1.165) is 17.4 Å². The topological polar surface area (TPSA) is 75.0 Å². The molecule has 140 valence electrons. The van der Waals surface area contributed by atoms with Gasteiger partial charge in [-0.05, 0) is 30.2 Å². The maximum atomic E-state index is 12.0. The van der Waals surface area contributed by atoms with E-state index in [-0.39, 0.29) is 13.2 Å². The molecule has 0 unspecified atom stereocenters. The largest absolute Gasteiger partial charge is 0.493 e. The monoisotopic (exact) mass is 368 g/mol. The molecule has 0 saturated carbocycles. The van der Waals surface area contributed by atoms with Crippen molar-refractivity contribution in [2.24, 2.45) is 0 Å². The number of aryl methyl sites for hydroxylation is 1. The zero-order valence-electron chi connectivity index (χ0n) is 15.2. The van der Waals surface area contributed by atoms with Gasteiger partial charge in [0.1, 0.15) is 12.2 Å². The summed E-state index contributed by atoms with van der Waals surface area (Å²) in [6, 6.07) is 14.0. The van der Waals surface area contributed by atoms with E-state index in [2.05, 4.69) is 0 Å². The summed E-state index contributed by atoms with van der Waals surface area (Å²) >= 11 is 0. The van der Waals surface area contributed by atoms with Crippen molar-refractivity contribution in [2.75, 3.05) is 13.7 Å². The first-order chi connectivity index (χ1) is 13.1. The number of carbonyl (C=O) groups is 1. The normalized spacial score (nSPS) is 10.6. The van der Waals surface area contributed by atoms with Crippen LogP contribution in [0, 0.1) is 0 Å². The minimum atomic E-state index is -0.549. The smallest absolute Gasteiger partial charge is 0.344 e. The van der Waals surface area contributed by atoms with Crippen molar-refractivity contribution in [1.82, 2.24) is 0 Å². The van der Waals surface area contributed by atoms with Crippen molar-refractivity contribution >= 4 is 16.9 Å². The van der Waals surface area contributed by atoms with Gasteiger partial charge in [-0.15, -0.1) is 0 Å². The number of para-hydroxylation sites is 2. The molecule has 6 heteroatoms. The summed E-state index contributed by atoms with van der Waals surface area (Å²) in [5, 5.41) is 0.741. The number of rotatable bonds is 7. The minimum absolute atomic E-state index is 0.0400. The molecule has 0 fully saturated rings. The Hall–Kier alpha value is -3.28. The highest BCUT2D eigenvalue weighted by Crippen LogP contribution is 2.25. The zero-order chi connectivity index (χ0) is 19.2. The van der Waals surface area contributed by atoms with Gasteiger partial charge in [0.15, 0.2) is 18.1 Å². The highest BCUT2D eigenvalue weighted by molar-refractivity contribution is 5.81. The molecule has 0 spiro atoms. The Morgan fingerprint density at radius 3 is 2.59 bits per heavy atom. The molecule has 1 aromatic heterocycles. The second-order valence-corrected chi connectivity index (χ2v) is 5.87. The Labute approximate surface area is 156 Å². The molecule has 0 N–H and O–H groups in total. The van der Waals surface area contributed by atoms with E-state index in [1.54, 1.807) is 24.3 Å². The Morgan fingerprint density at radius 1 is 1.07 bits per heavy atom. The summed E-state index contributed by atoms with van der Waals surface area (Å²) < 4.78 is 21.1. The molecular weight excluding hydrogens is 348 g/mol. The fourth-order valence-corrected chi connectivity index (χ4v) is 2.69. The Balaban J connectivity index is 1.67. The lowest BCUT2D eigenvalue weighted by Gasteiger charge is -2.11. The summed E-state index contributed by atoms with van der Waals surface area (Å²) in [6.45, 7) is 1.72. The third kappa shape index (κ3) is 4.47. The zero-order valence-corrected chi connectivity index (χ0v) is 15.2. The first kappa shape index (κ1) is 18.5. The van der Waals surface area contributed by atoms with Gasteiger partial charge in [-0.3, -0.25) is 0 Å².